The number of aromatic nitrogens is 4. The Bertz CT molecular complexity index is 1260. The number of amides is 1. The third-order valence-corrected chi connectivity index (χ3v) is 7.03. The van der Waals surface area contributed by atoms with Gasteiger partial charge in [0.05, 0.1) is 16.1 Å². The van der Waals surface area contributed by atoms with Gasteiger partial charge < -0.3 is 0 Å². The number of rotatable bonds is 3. The third-order valence-electron chi connectivity index (χ3n) is 5.43. The second kappa shape index (κ2) is 7.63. The SMILES string of the molecule is Cc1c(Cl)c(C(F)(F)F)nn1CC(=O)Nn1c(C)nc2sc3c(c2c1=O)CC[C@H](C)C3. The summed E-state index contributed by atoms with van der Waals surface area (Å²) < 4.78 is 40.9. The maximum absolute atomic E-state index is 13.1. The molecule has 166 valence electrons. The molecule has 4 rings (SSSR count). The predicted molar refractivity (Wildman–Crippen MR) is 111 cm³/mol. The van der Waals surface area contributed by atoms with E-state index in [-0.39, 0.29) is 11.5 Å². The van der Waals surface area contributed by atoms with Crippen LogP contribution >= 0.6 is 22.9 Å². The molecule has 0 aliphatic heterocycles. The highest BCUT2D eigenvalue weighted by Gasteiger charge is 2.38. The van der Waals surface area contributed by atoms with Crippen LogP contribution in [0.5, 0.6) is 0 Å². The largest absolute Gasteiger partial charge is 0.436 e. The molecule has 3 heterocycles. The molecule has 3 aromatic rings. The van der Waals surface area contributed by atoms with Crippen LogP contribution in [-0.4, -0.2) is 25.3 Å². The summed E-state index contributed by atoms with van der Waals surface area (Å²) in [6.45, 7) is 4.55. The lowest BCUT2D eigenvalue weighted by Crippen LogP contribution is -2.37. The Morgan fingerprint density at radius 1 is 1.35 bits per heavy atom. The topological polar surface area (TPSA) is 81.8 Å². The fourth-order valence-electron chi connectivity index (χ4n) is 3.78. The zero-order chi connectivity index (χ0) is 22.7. The summed E-state index contributed by atoms with van der Waals surface area (Å²) in [6, 6.07) is 0. The van der Waals surface area contributed by atoms with Crippen molar-refractivity contribution in [3.05, 3.63) is 43.0 Å². The molecule has 1 amide bonds. The number of carbonyl (C=O) groups excluding carboxylic acids is 1. The van der Waals surface area contributed by atoms with E-state index in [1.54, 1.807) is 6.92 Å². The fraction of sp³-hybridized carbons (Fsp3) is 0.474. The molecule has 31 heavy (non-hydrogen) atoms. The summed E-state index contributed by atoms with van der Waals surface area (Å²) in [5, 5.41) is 3.35. The number of hydrogen-bond donors (Lipinski definition) is 1. The van der Waals surface area contributed by atoms with Gasteiger partial charge in [-0.2, -0.15) is 18.3 Å². The minimum absolute atomic E-state index is 0.00260. The Kier molecular flexibility index (Phi) is 5.37. The van der Waals surface area contributed by atoms with Crippen molar-refractivity contribution >= 4 is 39.1 Å². The van der Waals surface area contributed by atoms with Crippen LogP contribution < -0.4 is 11.0 Å². The molecule has 0 spiro atoms. The monoisotopic (exact) mass is 473 g/mol. The summed E-state index contributed by atoms with van der Waals surface area (Å²) in [6.07, 6.45) is -2.10. The molecule has 1 aliphatic rings. The van der Waals surface area contributed by atoms with E-state index in [4.69, 9.17) is 11.6 Å². The van der Waals surface area contributed by atoms with Gasteiger partial charge in [0, 0.05) is 4.88 Å². The van der Waals surface area contributed by atoms with Crippen molar-refractivity contribution in [1.82, 2.24) is 19.4 Å². The Balaban J connectivity index is 1.65. The summed E-state index contributed by atoms with van der Waals surface area (Å²) in [5.41, 5.74) is 1.77. The molecule has 12 heteroatoms. The van der Waals surface area contributed by atoms with Crippen LogP contribution in [-0.2, 0) is 30.4 Å². The Hall–Kier alpha value is -2.40. The van der Waals surface area contributed by atoms with Crippen LogP contribution in [0.1, 0.15) is 41.0 Å². The summed E-state index contributed by atoms with van der Waals surface area (Å²) in [7, 11) is 0. The van der Waals surface area contributed by atoms with Crippen LogP contribution in [0.15, 0.2) is 4.79 Å². The lowest BCUT2D eigenvalue weighted by atomic mass is 9.89. The standard InChI is InChI=1S/C19H19ClF3N5O2S/c1-8-4-5-11-12(6-8)31-17-14(11)18(30)28(10(3)24-17)25-13(29)7-27-9(2)15(20)16(26-27)19(21,22)23/h8H,4-7H2,1-3H3,(H,25,29)/t8-/m0/s1. The number of alkyl halides is 3. The number of nitrogens with one attached hydrogen (secondary N) is 1. The van der Waals surface area contributed by atoms with Gasteiger partial charge in [-0.25, -0.2) is 9.66 Å². The van der Waals surface area contributed by atoms with Crippen molar-refractivity contribution in [3.63, 3.8) is 0 Å². The fourth-order valence-corrected chi connectivity index (χ4v) is 5.44. The lowest BCUT2D eigenvalue weighted by molar-refractivity contribution is -0.141. The average Bonchev–Trinajstić information content (AvgIpc) is 3.16. The lowest BCUT2D eigenvalue weighted by Gasteiger charge is -2.17. The molecule has 7 nitrogen and oxygen atoms in total. The van der Waals surface area contributed by atoms with Crippen molar-refractivity contribution in [1.29, 1.82) is 0 Å². The van der Waals surface area contributed by atoms with Crippen LogP contribution in [0.2, 0.25) is 5.02 Å². The highest BCUT2D eigenvalue weighted by atomic mass is 35.5. The van der Waals surface area contributed by atoms with Gasteiger partial charge in [-0.15, -0.1) is 11.3 Å². The molecule has 0 fully saturated rings. The van der Waals surface area contributed by atoms with Gasteiger partial charge in [0.1, 0.15) is 17.2 Å². The third kappa shape index (κ3) is 3.84. The number of carbonyl (C=O) groups is 1. The first-order valence-electron chi connectivity index (χ1n) is 9.61. The van der Waals surface area contributed by atoms with Gasteiger partial charge in [-0.05, 0) is 44.6 Å². The van der Waals surface area contributed by atoms with Crippen molar-refractivity contribution in [2.24, 2.45) is 5.92 Å². The molecule has 3 aromatic heterocycles. The summed E-state index contributed by atoms with van der Waals surface area (Å²) >= 11 is 7.22. The first kappa shape index (κ1) is 21.8. The maximum Gasteiger partial charge on any atom is 0.436 e. The molecule has 0 saturated heterocycles. The Morgan fingerprint density at radius 2 is 2.06 bits per heavy atom. The van der Waals surface area contributed by atoms with E-state index in [0.717, 1.165) is 39.1 Å². The minimum atomic E-state index is -4.73. The number of hydrogen-bond acceptors (Lipinski definition) is 5. The highest BCUT2D eigenvalue weighted by Crippen LogP contribution is 2.36. The van der Waals surface area contributed by atoms with Gasteiger partial charge in [0.2, 0.25) is 0 Å². The molecule has 1 N–H and O–H groups in total. The maximum atomic E-state index is 13.1. The summed E-state index contributed by atoms with van der Waals surface area (Å²) in [4.78, 5) is 31.9. The number of thiophene rings is 1. The van der Waals surface area contributed by atoms with Gasteiger partial charge in [0.15, 0.2) is 5.69 Å². The second-order valence-electron chi connectivity index (χ2n) is 7.77. The summed E-state index contributed by atoms with van der Waals surface area (Å²) in [5.74, 6) is 0.0954. The zero-order valence-corrected chi connectivity index (χ0v) is 18.5. The van der Waals surface area contributed by atoms with Crippen LogP contribution in [0.4, 0.5) is 13.2 Å². The molecule has 0 aromatic carbocycles. The van der Waals surface area contributed by atoms with Crippen LogP contribution in [0, 0.1) is 19.8 Å². The molecule has 1 aliphatic carbocycles. The van der Waals surface area contributed by atoms with E-state index in [1.165, 1.54) is 18.3 Å². The van der Waals surface area contributed by atoms with E-state index in [9.17, 15) is 22.8 Å². The first-order chi connectivity index (χ1) is 14.5. The van der Waals surface area contributed by atoms with Crippen LogP contribution in [0.3, 0.4) is 0 Å². The van der Waals surface area contributed by atoms with Gasteiger partial charge in [-0.1, -0.05) is 18.5 Å². The molecule has 0 radical (unpaired) electrons. The number of fused-ring (bicyclic) bond motifs is 3. The van der Waals surface area contributed by atoms with Gasteiger partial charge in [0.25, 0.3) is 11.5 Å². The van der Waals surface area contributed by atoms with Crippen molar-refractivity contribution in [2.75, 3.05) is 5.43 Å². The molecular weight excluding hydrogens is 455 g/mol. The predicted octanol–water partition coefficient (Wildman–Crippen LogP) is 3.84. The van der Waals surface area contributed by atoms with Crippen molar-refractivity contribution in [3.8, 4) is 0 Å². The van der Waals surface area contributed by atoms with Gasteiger partial charge >= 0.3 is 6.18 Å². The normalized spacial score (nSPS) is 16.5. The van der Waals surface area contributed by atoms with E-state index >= 15 is 0 Å². The van der Waals surface area contributed by atoms with Gasteiger partial charge in [-0.3, -0.25) is 19.7 Å². The Morgan fingerprint density at radius 3 is 2.71 bits per heavy atom. The average molecular weight is 474 g/mol. The molecule has 0 bridgehead atoms. The molecule has 0 saturated carbocycles. The zero-order valence-electron chi connectivity index (χ0n) is 16.9. The van der Waals surface area contributed by atoms with Crippen LogP contribution in [0.25, 0.3) is 10.2 Å². The van der Waals surface area contributed by atoms with E-state index < -0.39 is 34.9 Å². The molecular formula is C19H19ClF3N5O2S. The Labute approximate surface area is 183 Å². The van der Waals surface area contributed by atoms with E-state index in [0.29, 0.717) is 16.1 Å². The van der Waals surface area contributed by atoms with Crippen molar-refractivity contribution in [2.45, 2.75) is 52.8 Å². The first-order valence-corrected chi connectivity index (χ1v) is 10.8. The van der Waals surface area contributed by atoms with E-state index in [2.05, 4.69) is 22.4 Å². The number of nitrogens with zero attached hydrogens (tertiary/aromatic N) is 4. The van der Waals surface area contributed by atoms with Crippen molar-refractivity contribution < 1.29 is 18.0 Å². The highest BCUT2D eigenvalue weighted by molar-refractivity contribution is 7.18. The van der Waals surface area contributed by atoms with E-state index in [1.807, 2.05) is 0 Å². The second-order valence-corrected chi connectivity index (χ2v) is 9.23. The minimum Gasteiger partial charge on any atom is -0.271 e. The quantitative estimate of drug-likeness (QED) is 0.626. The molecule has 1 atom stereocenters. The number of halogens is 4. The number of aryl methyl sites for hydroxylation is 2. The smallest absolute Gasteiger partial charge is 0.271 e. The molecule has 0 unspecified atom stereocenters.